The van der Waals surface area contributed by atoms with E-state index in [1.54, 1.807) is 6.92 Å². The first-order chi connectivity index (χ1) is 9.76. The van der Waals surface area contributed by atoms with Crippen LogP contribution in [0.4, 0.5) is 5.69 Å². The van der Waals surface area contributed by atoms with Crippen LogP contribution in [0, 0.1) is 24.0 Å². The summed E-state index contributed by atoms with van der Waals surface area (Å²) in [5.41, 5.74) is 0.419. The van der Waals surface area contributed by atoms with E-state index in [1.807, 2.05) is 0 Å². The second-order valence-corrected chi connectivity index (χ2v) is 4.70. The minimum Gasteiger partial charge on any atom is -0.481 e. The number of nitrogens with one attached hydrogen (secondary N) is 1. The van der Waals surface area contributed by atoms with E-state index in [0.29, 0.717) is 12.1 Å². The maximum absolute atomic E-state index is 11.9. The molecule has 0 saturated heterocycles. The molecule has 0 radical (unpaired) electrons. The van der Waals surface area contributed by atoms with Gasteiger partial charge in [-0.05, 0) is 20.3 Å². The molecule has 1 amide bonds. The fourth-order valence-corrected chi connectivity index (χ4v) is 2.02. The fourth-order valence-electron chi connectivity index (χ4n) is 2.02. The van der Waals surface area contributed by atoms with Crippen LogP contribution in [0.3, 0.4) is 0 Å². The van der Waals surface area contributed by atoms with Gasteiger partial charge in [0.15, 0.2) is 0 Å². The van der Waals surface area contributed by atoms with Crippen LogP contribution in [0.25, 0.3) is 0 Å². The van der Waals surface area contributed by atoms with Crippen molar-refractivity contribution in [2.24, 2.45) is 0 Å². The number of rotatable bonds is 7. The van der Waals surface area contributed by atoms with Gasteiger partial charge in [-0.25, -0.2) is 0 Å². The van der Waals surface area contributed by atoms with Crippen LogP contribution in [0.15, 0.2) is 0 Å². The average molecular weight is 298 g/mol. The van der Waals surface area contributed by atoms with E-state index in [2.05, 4.69) is 10.4 Å². The van der Waals surface area contributed by atoms with Crippen LogP contribution < -0.4 is 5.32 Å². The summed E-state index contributed by atoms with van der Waals surface area (Å²) in [5, 5.41) is 26.1. The molecule has 0 saturated carbocycles. The summed E-state index contributed by atoms with van der Waals surface area (Å²) in [6.45, 7) is 4.59. The average Bonchev–Trinajstić information content (AvgIpc) is 2.62. The molecule has 9 nitrogen and oxygen atoms in total. The summed E-state index contributed by atoms with van der Waals surface area (Å²) in [6.07, 6.45) is 0.314. The van der Waals surface area contributed by atoms with E-state index >= 15 is 0 Å². The Hall–Kier alpha value is -2.45. The van der Waals surface area contributed by atoms with E-state index in [0.717, 1.165) is 0 Å². The number of nitrogens with zero attached hydrogens (tertiary/aromatic N) is 3. The van der Waals surface area contributed by atoms with E-state index in [1.165, 1.54) is 18.5 Å². The fraction of sp³-hybridized carbons (Fsp3) is 0.583. The molecular weight excluding hydrogens is 280 g/mol. The Morgan fingerprint density at radius 1 is 1.48 bits per heavy atom. The van der Waals surface area contributed by atoms with Crippen molar-refractivity contribution in [3.63, 3.8) is 0 Å². The standard InChI is InChI=1S/C12H18N4O5/c1-4-9(5-11(18)19)13-10(17)6-15-8(3)12(16(20)21)7(2)14-15/h9H,4-6H2,1-3H3,(H,13,17)(H,18,19). The van der Waals surface area contributed by atoms with Gasteiger partial charge in [0, 0.05) is 6.04 Å². The number of hydrogen-bond acceptors (Lipinski definition) is 5. The quantitative estimate of drug-likeness (QED) is 0.565. The van der Waals surface area contributed by atoms with Gasteiger partial charge in [0.25, 0.3) is 0 Å². The zero-order chi connectivity index (χ0) is 16.2. The number of aryl methyl sites for hydroxylation is 1. The molecule has 0 spiro atoms. The molecule has 1 rings (SSSR count). The molecule has 116 valence electrons. The number of aliphatic carboxylic acids is 1. The lowest BCUT2D eigenvalue weighted by Crippen LogP contribution is -2.38. The molecule has 1 aromatic rings. The summed E-state index contributed by atoms with van der Waals surface area (Å²) >= 11 is 0. The second kappa shape index (κ2) is 6.82. The lowest BCUT2D eigenvalue weighted by Gasteiger charge is -2.14. The van der Waals surface area contributed by atoms with Gasteiger partial charge in [0.2, 0.25) is 5.91 Å². The van der Waals surface area contributed by atoms with E-state index in [4.69, 9.17) is 5.11 Å². The largest absolute Gasteiger partial charge is 0.481 e. The van der Waals surface area contributed by atoms with Crippen molar-refractivity contribution in [1.82, 2.24) is 15.1 Å². The maximum atomic E-state index is 11.9. The molecule has 0 aromatic carbocycles. The molecule has 0 aliphatic carbocycles. The van der Waals surface area contributed by atoms with Gasteiger partial charge in [0.1, 0.15) is 17.9 Å². The minimum absolute atomic E-state index is 0.111. The van der Waals surface area contributed by atoms with Crippen molar-refractivity contribution in [2.75, 3.05) is 0 Å². The zero-order valence-electron chi connectivity index (χ0n) is 12.1. The van der Waals surface area contributed by atoms with Crippen molar-refractivity contribution >= 4 is 17.6 Å². The Kier molecular flexibility index (Phi) is 5.39. The Bertz CT molecular complexity index is 566. The summed E-state index contributed by atoms with van der Waals surface area (Å²) in [6, 6.07) is -0.470. The molecule has 1 heterocycles. The van der Waals surface area contributed by atoms with Gasteiger partial charge in [-0.3, -0.25) is 24.4 Å². The Morgan fingerprint density at radius 3 is 2.52 bits per heavy atom. The minimum atomic E-state index is -0.996. The molecule has 1 aromatic heterocycles. The number of carboxylic acids is 1. The molecule has 0 bridgehead atoms. The summed E-state index contributed by atoms with van der Waals surface area (Å²) < 4.78 is 1.25. The van der Waals surface area contributed by atoms with Crippen LogP contribution in [-0.4, -0.2) is 37.7 Å². The van der Waals surface area contributed by atoms with Crippen molar-refractivity contribution in [3.05, 3.63) is 21.5 Å². The molecule has 21 heavy (non-hydrogen) atoms. The molecular formula is C12H18N4O5. The number of carbonyl (C=O) groups excluding carboxylic acids is 1. The third-order valence-electron chi connectivity index (χ3n) is 3.10. The topological polar surface area (TPSA) is 127 Å². The van der Waals surface area contributed by atoms with E-state index < -0.39 is 22.8 Å². The number of carbonyl (C=O) groups is 2. The molecule has 1 atom stereocenters. The molecule has 1 unspecified atom stereocenters. The number of aromatic nitrogens is 2. The number of carboxylic acid groups (broad SMARTS) is 1. The van der Waals surface area contributed by atoms with Crippen LogP contribution >= 0.6 is 0 Å². The third-order valence-corrected chi connectivity index (χ3v) is 3.10. The third kappa shape index (κ3) is 4.26. The van der Waals surface area contributed by atoms with Crippen LogP contribution in [-0.2, 0) is 16.1 Å². The van der Waals surface area contributed by atoms with Crippen molar-refractivity contribution in [2.45, 2.75) is 46.2 Å². The van der Waals surface area contributed by atoms with Gasteiger partial charge >= 0.3 is 11.7 Å². The van der Waals surface area contributed by atoms with Gasteiger partial charge in [-0.2, -0.15) is 5.10 Å². The Labute approximate surface area is 121 Å². The van der Waals surface area contributed by atoms with Gasteiger partial charge < -0.3 is 10.4 Å². The van der Waals surface area contributed by atoms with Gasteiger partial charge in [-0.15, -0.1) is 0 Å². The highest BCUT2D eigenvalue weighted by atomic mass is 16.6. The number of amides is 1. The van der Waals surface area contributed by atoms with Crippen LogP contribution in [0.2, 0.25) is 0 Å². The van der Waals surface area contributed by atoms with Crippen LogP contribution in [0.5, 0.6) is 0 Å². The van der Waals surface area contributed by atoms with Crippen molar-refractivity contribution in [1.29, 1.82) is 0 Å². The highest BCUT2D eigenvalue weighted by Crippen LogP contribution is 2.21. The smallest absolute Gasteiger partial charge is 0.312 e. The molecule has 2 N–H and O–H groups in total. The van der Waals surface area contributed by atoms with E-state index in [9.17, 15) is 19.7 Å². The SMILES string of the molecule is CCC(CC(=O)O)NC(=O)Cn1nc(C)c([N+](=O)[O-])c1C. The Morgan fingerprint density at radius 2 is 2.10 bits per heavy atom. The van der Waals surface area contributed by atoms with Crippen LogP contribution in [0.1, 0.15) is 31.2 Å². The predicted octanol–water partition coefficient (Wildman–Crippen LogP) is 0.778. The van der Waals surface area contributed by atoms with E-state index in [-0.39, 0.29) is 24.3 Å². The monoisotopic (exact) mass is 298 g/mol. The first-order valence-corrected chi connectivity index (χ1v) is 6.45. The number of nitro groups is 1. The lowest BCUT2D eigenvalue weighted by molar-refractivity contribution is -0.386. The molecule has 0 fully saturated rings. The summed E-state index contributed by atoms with van der Waals surface area (Å²) in [7, 11) is 0. The predicted molar refractivity (Wildman–Crippen MR) is 72.8 cm³/mol. The van der Waals surface area contributed by atoms with Gasteiger partial charge in [-0.1, -0.05) is 6.92 Å². The first-order valence-electron chi connectivity index (χ1n) is 6.45. The molecule has 0 aliphatic rings. The highest BCUT2D eigenvalue weighted by Gasteiger charge is 2.23. The highest BCUT2D eigenvalue weighted by molar-refractivity contribution is 5.77. The van der Waals surface area contributed by atoms with Crippen molar-refractivity contribution in [3.8, 4) is 0 Å². The van der Waals surface area contributed by atoms with Gasteiger partial charge in [0.05, 0.1) is 11.3 Å². The maximum Gasteiger partial charge on any atom is 0.312 e. The lowest BCUT2D eigenvalue weighted by atomic mass is 10.1. The molecule has 0 aliphatic heterocycles. The normalized spacial score (nSPS) is 12.0. The zero-order valence-corrected chi connectivity index (χ0v) is 12.1. The molecule has 9 heteroatoms. The number of hydrogen-bond donors (Lipinski definition) is 2. The Balaban J connectivity index is 2.77. The summed E-state index contributed by atoms with van der Waals surface area (Å²) in [5.74, 6) is -1.42. The summed E-state index contributed by atoms with van der Waals surface area (Å²) in [4.78, 5) is 32.8. The second-order valence-electron chi connectivity index (χ2n) is 4.70. The van der Waals surface area contributed by atoms with Crippen molar-refractivity contribution < 1.29 is 19.6 Å². The first kappa shape index (κ1) is 16.6.